The predicted molar refractivity (Wildman–Crippen MR) is 60.5 cm³/mol. The van der Waals surface area contributed by atoms with E-state index < -0.39 is 5.91 Å². The number of hydrogen-bond acceptors (Lipinski definition) is 6. The lowest BCUT2D eigenvalue weighted by atomic mass is 10.3. The standard InChI is InChI=1S/C10H14N4O3/c1-14(6-5-9(15)17-2)8-4-3-7(10(11)16)12-13-8/h3-4H,5-6H2,1-2H3,(H2,11,16). The topological polar surface area (TPSA) is 98.4 Å². The summed E-state index contributed by atoms with van der Waals surface area (Å²) in [4.78, 5) is 23.5. The Labute approximate surface area is 98.6 Å². The summed E-state index contributed by atoms with van der Waals surface area (Å²) in [5.74, 6) is -0.362. The summed E-state index contributed by atoms with van der Waals surface area (Å²) in [6, 6.07) is 3.10. The highest BCUT2D eigenvalue weighted by atomic mass is 16.5. The molecule has 1 aromatic heterocycles. The van der Waals surface area contributed by atoms with E-state index in [1.54, 1.807) is 18.0 Å². The van der Waals surface area contributed by atoms with Gasteiger partial charge in [-0.25, -0.2) is 0 Å². The molecule has 0 bridgehead atoms. The molecule has 1 heterocycles. The highest BCUT2D eigenvalue weighted by molar-refractivity contribution is 5.90. The third kappa shape index (κ3) is 3.71. The van der Waals surface area contributed by atoms with Crippen molar-refractivity contribution in [1.29, 1.82) is 0 Å². The van der Waals surface area contributed by atoms with E-state index in [0.29, 0.717) is 12.4 Å². The molecule has 0 fully saturated rings. The average molecular weight is 238 g/mol. The number of esters is 1. The first kappa shape index (κ1) is 12.9. The molecule has 92 valence electrons. The third-order valence-corrected chi connectivity index (χ3v) is 2.17. The van der Waals surface area contributed by atoms with Gasteiger partial charge >= 0.3 is 5.97 Å². The van der Waals surface area contributed by atoms with Crippen LogP contribution in [0.15, 0.2) is 12.1 Å². The van der Waals surface area contributed by atoms with E-state index in [2.05, 4.69) is 14.9 Å². The smallest absolute Gasteiger partial charge is 0.307 e. The van der Waals surface area contributed by atoms with Crippen LogP contribution in [0.1, 0.15) is 16.9 Å². The number of carbonyl (C=O) groups excluding carboxylic acids is 2. The van der Waals surface area contributed by atoms with Gasteiger partial charge < -0.3 is 15.4 Å². The number of nitrogens with two attached hydrogens (primary N) is 1. The molecule has 0 aliphatic heterocycles. The van der Waals surface area contributed by atoms with Gasteiger partial charge in [0.25, 0.3) is 5.91 Å². The van der Waals surface area contributed by atoms with Gasteiger partial charge in [-0.2, -0.15) is 0 Å². The lowest BCUT2D eigenvalue weighted by Gasteiger charge is -2.16. The number of amides is 1. The SMILES string of the molecule is COC(=O)CCN(C)c1ccc(C(N)=O)nn1. The van der Waals surface area contributed by atoms with E-state index in [4.69, 9.17) is 5.73 Å². The third-order valence-electron chi connectivity index (χ3n) is 2.17. The normalized spacial score (nSPS) is 9.76. The molecule has 0 aliphatic carbocycles. The zero-order valence-corrected chi connectivity index (χ0v) is 9.71. The number of nitrogens with zero attached hydrogens (tertiary/aromatic N) is 3. The zero-order valence-electron chi connectivity index (χ0n) is 9.71. The van der Waals surface area contributed by atoms with E-state index in [9.17, 15) is 9.59 Å². The Morgan fingerprint density at radius 2 is 2.12 bits per heavy atom. The second-order valence-electron chi connectivity index (χ2n) is 3.39. The largest absolute Gasteiger partial charge is 0.469 e. The molecule has 0 saturated heterocycles. The van der Waals surface area contributed by atoms with Crippen LogP contribution in [0.4, 0.5) is 5.82 Å². The molecule has 7 nitrogen and oxygen atoms in total. The summed E-state index contributed by atoms with van der Waals surface area (Å²) in [5, 5.41) is 7.49. The summed E-state index contributed by atoms with van der Waals surface area (Å²) >= 11 is 0. The maximum Gasteiger partial charge on any atom is 0.307 e. The maximum absolute atomic E-state index is 10.9. The van der Waals surface area contributed by atoms with Crippen LogP contribution >= 0.6 is 0 Å². The number of methoxy groups -OCH3 is 1. The summed E-state index contributed by atoms with van der Waals surface area (Å²) in [7, 11) is 3.10. The average Bonchev–Trinajstić information content (AvgIpc) is 2.35. The Balaban J connectivity index is 2.60. The van der Waals surface area contributed by atoms with Crippen molar-refractivity contribution in [2.45, 2.75) is 6.42 Å². The number of rotatable bonds is 5. The lowest BCUT2D eigenvalue weighted by Crippen LogP contribution is -2.23. The Hall–Kier alpha value is -2.18. The van der Waals surface area contributed by atoms with Gasteiger partial charge in [0.05, 0.1) is 13.5 Å². The van der Waals surface area contributed by atoms with Gasteiger partial charge in [-0.15, -0.1) is 10.2 Å². The molecule has 0 saturated carbocycles. The molecule has 0 aromatic carbocycles. The molecule has 17 heavy (non-hydrogen) atoms. The molecular weight excluding hydrogens is 224 g/mol. The minimum absolute atomic E-state index is 0.107. The molecule has 0 spiro atoms. The highest BCUT2D eigenvalue weighted by Gasteiger charge is 2.08. The fourth-order valence-corrected chi connectivity index (χ4v) is 1.14. The minimum Gasteiger partial charge on any atom is -0.469 e. The van der Waals surface area contributed by atoms with Crippen LogP contribution in [0, 0.1) is 0 Å². The van der Waals surface area contributed by atoms with Crippen LogP contribution in [0.25, 0.3) is 0 Å². The fourth-order valence-electron chi connectivity index (χ4n) is 1.14. The Kier molecular flexibility index (Phi) is 4.38. The summed E-state index contributed by atoms with van der Waals surface area (Å²) in [5.41, 5.74) is 5.15. The van der Waals surface area contributed by atoms with Crippen molar-refractivity contribution in [3.05, 3.63) is 17.8 Å². The van der Waals surface area contributed by atoms with Gasteiger partial charge in [0.2, 0.25) is 0 Å². The van der Waals surface area contributed by atoms with Crippen LogP contribution in [-0.4, -0.2) is 42.8 Å². The van der Waals surface area contributed by atoms with Gasteiger partial charge in [-0.3, -0.25) is 9.59 Å². The Morgan fingerprint density at radius 3 is 2.59 bits per heavy atom. The molecule has 7 heteroatoms. The van der Waals surface area contributed by atoms with E-state index >= 15 is 0 Å². The summed E-state index contributed by atoms with van der Waals surface area (Å²) in [6.07, 6.45) is 0.256. The van der Waals surface area contributed by atoms with E-state index in [1.807, 2.05) is 0 Å². The van der Waals surface area contributed by atoms with Crippen molar-refractivity contribution < 1.29 is 14.3 Å². The molecule has 0 atom stereocenters. The molecule has 0 radical (unpaired) electrons. The minimum atomic E-state index is -0.624. The van der Waals surface area contributed by atoms with Crippen LogP contribution in [0.3, 0.4) is 0 Å². The molecular formula is C10H14N4O3. The number of anilines is 1. The van der Waals surface area contributed by atoms with Crippen LogP contribution in [0.5, 0.6) is 0 Å². The number of primary amides is 1. The van der Waals surface area contributed by atoms with Crippen LogP contribution in [-0.2, 0) is 9.53 Å². The number of ether oxygens (including phenoxy) is 1. The Bertz CT molecular complexity index is 405. The summed E-state index contributed by atoms with van der Waals surface area (Å²) in [6.45, 7) is 0.456. The zero-order chi connectivity index (χ0) is 12.8. The molecule has 1 aromatic rings. The first-order valence-electron chi connectivity index (χ1n) is 4.96. The van der Waals surface area contributed by atoms with E-state index in [-0.39, 0.29) is 18.1 Å². The maximum atomic E-state index is 10.9. The van der Waals surface area contributed by atoms with Gasteiger partial charge in [0.1, 0.15) is 0 Å². The van der Waals surface area contributed by atoms with E-state index in [1.165, 1.54) is 13.2 Å². The molecule has 2 N–H and O–H groups in total. The second-order valence-corrected chi connectivity index (χ2v) is 3.39. The number of aromatic nitrogens is 2. The van der Waals surface area contributed by atoms with Gasteiger partial charge in [0, 0.05) is 13.6 Å². The lowest BCUT2D eigenvalue weighted by molar-refractivity contribution is -0.140. The Morgan fingerprint density at radius 1 is 1.41 bits per heavy atom. The van der Waals surface area contributed by atoms with Crippen molar-refractivity contribution in [2.75, 3.05) is 25.6 Å². The highest BCUT2D eigenvalue weighted by Crippen LogP contribution is 2.07. The molecule has 0 unspecified atom stereocenters. The van der Waals surface area contributed by atoms with Gasteiger partial charge in [-0.05, 0) is 12.1 Å². The number of carbonyl (C=O) groups is 2. The van der Waals surface area contributed by atoms with Crippen molar-refractivity contribution in [2.24, 2.45) is 5.73 Å². The van der Waals surface area contributed by atoms with Crippen molar-refractivity contribution in [1.82, 2.24) is 10.2 Å². The quantitative estimate of drug-likeness (QED) is 0.699. The fraction of sp³-hybridized carbons (Fsp3) is 0.400. The first-order valence-corrected chi connectivity index (χ1v) is 4.96. The summed E-state index contributed by atoms with van der Waals surface area (Å²) < 4.78 is 4.52. The van der Waals surface area contributed by atoms with Crippen molar-refractivity contribution >= 4 is 17.7 Å². The molecule has 0 aliphatic rings. The number of hydrogen-bond donors (Lipinski definition) is 1. The van der Waals surface area contributed by atoms with Crippen molar-refractivity contribution in [3.8, 4) is 0 Å². The molecule has 1 rings (SSSR count). The predicted octanol–water partition coefficient (Wildman–Crippen LogP) is -0.425. The second kappa shape index (κ2) is 5.78. The van der Waals surface area contributed by atoms with Crippen LogP contribution in [0.2, 0.25) is 0 Å². The van der Waals surface area contributed by atoms with Crippen molar-refractivity contribution in [3.63, 3.8) is 0 Å². The van der Waals surface area contributed by atoms with E-state index in [0.717, 1.165) is 0 Å². The monoisotopic (exact) mass is 238 g/mol. The van der Waals surface area contributed by atoms with Crippen LogP contribution < -0.4 is 10.6 Å². The molecule has 1 amide bonds. The van der Waals surface area contributed by atoms with Gasteiger partial charge in [-0.1, -0.05) is 0 Å². The first-order chi connectivity index (χ1) is 8.04. The van der Waals surface area contributed by atoms with Gasteiger partial charge in [0.15, 0.2) is 11.5 Å².